The van der Waals surface area contributed by atoms with Crippen LogP contribution in [0.25, 0.3) is 11.4 Å². The van der Waals surface area contributed by atoms with Crippen LogP contribution in [0.3, 0.4) is 0 Å². The van der Waals surface area contributed by atoms with E-state index >= 15 is 0 Å². The summed E-state index contributed by atoms with van der Waals surface area (Å²) in [6.07, 6.45) is 2.30. The van der Waals surface area contributed by atoms with Crippen molar-refractivity contribution >= 4 is 12.2 Å². The molecule has 1 fully saturated rings. The van der Waals surface area contributed by atoms with Gasteiger partial charge in [-0.05, 0) is 54.9 Å². The number of rotatable bonds is 6. The Morgan fingerprint density at radius 2 is 1.83 bits per heavy atom. The van der Waals surface area contributed by atoms with Gasteiger partial charge in [0.2, 0.25) is 0 Å². The Balaban J connectivity index is 1.59. The Morgan fingerprint density at radius 3 is 2.55 bits per heavy atom. The molecule has 1 aromatic heterocycles. The Labute approximate surface area is 176 Å². The highest BCUT2D eigenvalue weighted by Crippen LogP contribution is 2.33. The number of benzene rings is 2. The third-order valence-electron chi connectivity index (χ3n) is 5.55. The molecule has 6 nitrogen and oxygen atoms in total. The van der Waals surface area contributed by atoms with Crippen LogP contribution in [-0.2, 0) is 13.7 Å². The minimum Gasteiger partial charge on any atom is -0.497 e. The zero-order valence-electron chi connectivity index (χ0n) is 17.0. The van der Waals surface area contributed by atoms with Crippen LogP contribution < -0.4 is 9.47 Å². The van der Waals surface area contributed by atoms with Crippen LogP contribution in [0, 0.1) is 4.77 Å². The van der Waals surface area contributed by atoms with Gasteiger partial charge in [-0.1, -0.05) is 24.3 Å². The molecule has 1 atom stereocenters. The molecule has 0 unspecified atom stereocenters. The van der Waals surface area contributed by atoms with Crippen LogP contribution >= 0.6 is 12.2 Å². The van der Waals surface area contributed by atoms with Gasteiger partial charge < -0.3 is 14.0 Å². The first-order valence-electron chi connectivity index (χ1n) is 9.77. The Kier molecular flexibility index (Phi) is 5.69. The summed E-state index contributed by atoms with van der Waals surface area (Å²) in [7, 11) is 5.33. The standard InChI is InChI=1S/C22H26N4O2S/c1-24-21(17-6-4-7-19(14-17)28-3)23-26(22(24)29)15-25-13-5-8-20(25)16-9-11-18(27-2)12-10-16/h4,6-7,9-12,14,20H,5,8,13,15H2,1-3H3/t20-/m0/s1. The van der Waals surface area contributed by atoms with Gasteiger partial charge in [0.05, 0.1) is 20.9 Å². The van der Waals surface area contributed by atoms with Gasteiger partial charge in [-0.25, -0.2) is 4.68 Å². The second-order valence-electron chi connectivity index (χ2n) is 7.28. The lowest BCUT2D eigenvalue weighted by Gasteiger charge is -2.24. The first kappa shape index (κ1) is 19.7. The predicted molar refractivity (Wildman–Crippen MR) is 116 cm³/mol. The van der Waals surface area contributed by atoms with Crippen LogP contribution in [0.1, 0.15) is 24.4 Å². The van der Waals surface area contributed by atoms with Gasteiger partial charge >= 0.3 is 0 Å². The molecule has 0 amide bonds. The summed E-state index contributed by atoms with van der Waals surface area (Å²) in [5.74, 6) is 2.53. The third-order valence-corrected chi connectivity index (χ3v) is 6.03. The molecule has 0 radical (unpaired) electrons. The molecule has 2 aromatic carbocycles. The van der Waals surface area contributed by atoms with Crippen molar-refractivity contribution in [2.75, 3.05) is 20.8 Å². The van der Waals surface area contributed by atoms with Crippen molar-refractivity contribution in [1.29, 1.82) is 0 Å². The minimum atomic E-state index is 0.366. The van der Waals surface area contributed by atoms with E-state index < -0.39 is 0 Å². The van der Waals surface area contributed by atoms with Crippen LogP contribution in [0.4, 0.5) is 0 Å². The number of likely N-dealkylation sites (tertiary alicyclic amines) is 1. The molecule has 3 aromatic rings. The zero-order valence-corrected chi connectivity index (χ0v) is 17.9. The third kappa shape index (κ3) is 3.93. The molecular weight excluding hydrogens is 384 g/mol. The monoisotopic (exact) mass is 410 g/mol. The SMILES string of the molecule is COc1ccc([C@@H]2CCCN2Cn2nc(-c3cccc(OC)c3)n(C)c2=S)cc1. The average Bonchev–Trinajstić information content (AvgIpc) is 3.34. The Hall–Kier alpha value is -2.64. The van der Waals surface area contributed by atoms with E-state index in [1.54, 1.807) is 14.2 Å². The summed E-state index contributed by atoms with van der Waals surface area (Å²) in [5.41, 5.74) is 2.29. The molecule has 0 N–H and O–H groups in total. The summed E-state index contributed by atoms with van der Waals surface area (Å²) in [5, 5.41) is 4.83. The first-order valence-corrected chi connectivity index (χ1v) is 10.2. The molecule has 152 valence electrons. The number of ether oxygens (including phenoxy) is 2. The smallest absolute Gasteiger partial charge is 0.199 e. The molecule has 1 saturated heterocycles. The Bertz CT molecular complexity index is 1040. The fourth-order valence-corrected chi connectivity index (χ4v) is 4.15. The fourth-order valence-electron chi connectivity index (χ4n) is 3.96. The van der Waals surface area contributed by atoms with Crippen molar-refractivity contribution in [2.24, 2.45) is 7.05 Å². The second-order valence-corrected chi connectivity index (χ2v) is 7.65. The topological polar surface area (TPSA) is 44.4 Å². The van der Waals surface area contributed by atoms with Crippen LogP contribution in [0.15, 0.2) is 48.5 Å². The Morgan fingerprint density at radius 1 is 1.07 bits per heavy atom. The number of aromatic nitrogens is 3. The van der Waals surface area contributed by atoms with Crippen molar-refractivity contribution in [2.45, 2.75) is 25.6 Å². The maximum atomic E-state index is 5.69. The van der Waals surface area contributed by atoms with Gasteiger partial charge in [0.1, 0.15) is 11.5 Å². The number of hydrogen-bond acceptors (Lipinski definition) is 5. The quantitative estimate of drug-likeness (QED) is 0.563. The van der Waals surface area contributed by atoms with Crippen molar-refractivity contribution in [1.82, 2.24) is 19.2 Å². The van der Waals surface area contributed by atoms with Crippen molar-refractivity contribution in [3.05, 3.63) is 58.9 Å². The summed E-state index contributed by atoms with van der Waals surface area (Å²) in [6.45, 7) is 1.71. The van der Waals surface area contributed by atoms with E-state index in [1.165, 1.54) is 12.0 Å². The maximum absolute atomic E-state index is 5.69. The lowest BCUT2D eigenvalue weighted by Crippen LogP contribution is -2.27. The van der Waals surface area contributed by atoms with Gasteiger partial charge in [-0.15, -0.1) is 0 Å². The van der Waals surface area contributed by atoms with E-state index in [-0.39, 0.29) is 0 Å². The van der Waals surface area contributed by atoms with Gasteiger partial charge in [-0.3, -0.25) is 4.90 Å². The molecule has 29 heavy (non-hydrogen) atoms. The molecule has 4 rings (SSSR count). The number of hydrogen-bond donors (Lipinski definition) is 0. The number of nitrogens with zero attached hydrogens (tertiary/aromatic N) is 4. The van der Waals surface area contributed by atoms with Gasteiger partial charge in [0, 0.05) is 25.2 Å². The van der Waals surface area contributed by atoms with E-state index in [0.717, 1.165) is 35.9 Å². The summed E-state index contributed by atoms with van der Waals surface area (Å²) >= 11 is 5.69. The van der Waals surface area contributed by atoms with Gasteiger partial charge in [0.15, 0.2) is 10.6 Å². The lowest BCUT2D eigenvalue weighted by atomic mass is 10.0. The van der Waals surface area contributed by atoms with E-state index in [0.29, 0.717) is 17.5 Å². The van der Waals surface area contributed by atoms with Crippen LogP contribution in [0.5, 0.6) is 11.5 Å². The minimum absolute atomic E-state index is 0.366. The zero-order chi connectivity index (χ0) is 20.4. The van der Waals surface area contributed by atoms with Crippen molar-refractivity contribution in [3.8, 4) is 22.9 Å². The normalized spacial score (nSPS) is 16.9. The van der Waals surface area contributed by atoms with Gasteiger partial charge in [-0.2, -0.15) is 5.10 Å². The highest BCUT2D eigenvalue weighted by atomic mass is 32.1. The van der Waals surface area contributed by atoms with E-state index in [9.17, 15) is 0 Å². The maximum Gasteiger partial charge on any atom is 0.199 e. The van der Waals surface area contributed by atoms with Crippen molar-refractivity contribution < 1.29 is 9.47 Å². The van der Waals surface area contributed by atoms with E-state index in [1.807, 2.05) is 52.7 Å². The van der Waals surface area contributed by atoms with E-state index in [4.69, 9.17) is 26.8 Å². The second kappa shape index (κ2) is 8.39. The molecule has 2 heterocycles. The summed E-state index contributed by atoms with van der Waals surface area (Å²) in [6, 6.07) is 16.6. The molecular formula is C22H26N4O2S. The molecule has 0 bridgehead atoms. The van der Waals surface area contributed by atoms with Crippen LogP contribution in [0.2, 0.25) is 0 Å². The molecule has 1 aliphatic rings. The average molecular weight is 411 g/mol. The molecule has 0 saturated carbocycles. The van der Waals surface area contributed by atoms with E-state index in [2.05, 4.69) is 17.0 Å². The molecule has 0 spiro atoms. The summed E-state index contributed by atoms with van der Waals surface area (Å²) in [4.78, 5) is 2.44. The molecule has 1 aliphatic heterocycles. The first-order chi connectivity index (χ1) is 14.1. The lowest BCUT2D eigenvalue weighted by molar-refractivity contribution is 0.190. The largest absolute Gasteiger partial charge is 0.497 e. The number of methoxy groups -OCH3 is 2. The summed E-state index contributed by atoms with van der Waals surface area (Å²) < 4.78 is 15.2. The predicted octanol–water partition coefficient (Wildman–Crippen LogP) is 4.43. The van der Waals surface area contributed by atoms with Crippen molar-refractivity contribution in [3.63, 3.8) is 0 Å². The highest BCUT2D eigenvalue weighted by molar-refractivity contribution is 7.71. The molecule has 7 heteroatoms. The van der Waals surface area contributed by atoms with Gasteiger partial charge in [0.25, 0.3) is 0 Å². The van der Waals surface area contributed by atoms with Crippen LogP contribution in [-0.4, -0.2) is 40.0 Å². The highest BCUT2D eigenvalue weighted by Gasteiger charge is 2.27. The molecule has 0 aliphatic carbocycles. The fraction of sp³-hybridized carbons (Fsp3) is 0.364.